The monoisotopic (exact) mass is 383 g/mol. The van der Waals surface area contributed by atoms with Crippen molar-refractivity contribution in [2.24, 2.45) is 0 Å². The molecule has 0 aliphatic rings. The first kappa shape index (κ1) is 18.8. The molecule has 3 aromatic rings. The highest BCUT2D eigenvalue weighted by molar-refractivity contribution is 7.92. The second kappa shape index (κ2) is 8.14. The molecular weight excluding hydrogens is 362 g/mol. The summed E-state index contributed by atoms with van der Waals surface area (Å²) >= 11 is 0. The van der Waals surface area contributed by atoms with Crippen LogP contribution in [0.3, 0.4) is 0 Å². The summed E-state index contributed by atoms with van der Waals surface area (Å²) in [4.78, 5) is 0.0558. The summed E-state index contributed by atoms with van der Waals surface area (Å²) in [6.07, 6.45) is 0.624. The number of benzene rings is 3. The standard InChI is InChI=1S/C21H21NO4S/c1-25-18-12-13-21(20(15-18)26-2)27(23,24)22-19-11-7-6-10-17(19)14-16-8-4-3-5-9-16/h3-13,15,22H,14H2,1-2H3. The van der Waals surface area contributed by atoms with Crippen molar-refractivity contribution in [3.63, 3.8) is 0 Å². The van der Waals surface area contributed by atoms with Gasteiger partial charge in [-0.05, 0) is 35.7 Å². The van der Waals surface area contributed by atoms with Crippen LogP contribution in [0.5, 0.6) is 11.5 Å². The number of rotatable bonds is 7. The summed E-state index contributed by atoms with van der Waals surface area (Å²) < 4.78 is 39.0. The molecule has 0 atom stereocenters. The molecular formula is C21H21NO4S. The molecule has 0 aliphatic carbocycles. The first-order chi connectivity index (χ1) is 13.0. The fourth-order valence-corrected chi connectivity index (χ4v) is 4.04. The van der Waals surface area contributed by atoms with Crippen molar-refractivity contribution in [3.05, 3.63) is 83.9 Å². The molecule has 1 N–H and O–H groups in total. The molecule has 140 valence electrons. The van der Waals surface area contributed by atoms with E-state index in [-0.39, 0.29) is 10.6 Å². The summed E-state index contributed by atoms with van der Waals surface area (Å²) in [6, 6.07) is 21.9. The Morgan fingerprint density at radius 2 is 1.56 bits per heavy atom. The number of anilines is 1. The van der Waals surface area contributed by atoms with Crippen molar-refractivity contribution in [1.82, 2.24) is 0 Å². The Morgan fingerprint density at radius 1 is 0.852 bits per heavy atom. The fourth-order valence-electron chi connectivity index (χ4n) is 2.79. The Balaban J connectivity index is 1.93. The predicted molar refractivity (Wildman–Crippen MR) is 106 cm³/mol. The second-order valence-corrected chi connectivity index (χ2v) is 7.59. The molecule has 0 spiro atoms. The van der Waals surface area contributed by atoms with Crippen molar-refractivity contribution in [2.45, 2.75) is 11.3 Å². The molecule has 0 fully saturated rings. The predicted octanol–water partition coefficient (Wildman–Crippen LogP) is 4.10. The van der Waals surface area contributed by atoms with E-state index in [0.29, 0.717) is 17.9 Å². The van der Waals surface area contributed by atoms with Gasteiger partial charge in [0.05, 0.1) is 19.9 Å². The van der Waals surface area contributed by atoms with E-state index in [1.807, 2.05) is 42.5 Å². The smallest absolute Gasteiger partial charge is 0.265 e. The van der Waals surface area contributed by atoms with Gasteiger partial charge in [-0.3, -0.25) is 4.72 Å². The molecule has 0 aromatic heterocycles. The van der Waals surface area contributed by atoms with Gasteiger partial charge in [-0.2, -0.15) is 0 Å². The van der Waals surface area contributed by atoms with Crippen LogP contribution in [0, 0.1) is 0 Å². The molecule has 0 bridgehead atoms. The molecule has 3 aromatic carbocycles. The Labute approximate surface area is 159 Å². The summed E-state index contributed by atoms with van der Waals surface area (Å²) in [5.41, 5.74) is 2.53. The van der Waals surface area contributed by atoms with Crippen LogP contribution in [-0.4, -0.2) is 22.6 Å². The van der Waals surface area contributed by atoms with Crippen LogP contribution >= 0.6 is 0 Å². The first-order valence-electron chi connectivity index (χ1n) is 8.40. The zero-order valence-electron chi connectivity index (χ0n) is 15.2. The van der Waals surface area contributed by atoms with E-state index >= 15 is 0 Å². The van der Waals surface area contributed by atoms with Crippen LogP contribution in [0.15, 0.2) is 77.7 Å². The molecule has 27 heavy (non-hydrogen) atoms. The Morgan fingerprint density at radius 3 is 2.26 bits per heavy atom. The van der Waals surface area contributed by atoms with Crippen LogP contribution in [0.1, 0.15) is 11.1 Å². The number of hydrogen-bond donors (Lipinski definition) is 1. The van der Waals surface area contributed by atoms with E-state index in [1.165, 1.54) is 20.3 Å². The summed E-state index contributed by atoms with van der Waals surface area (Å²) in [5.74, 6) is 0.748. The highest BCUT2D eigenvalue weighted by Gasteiger charge is 2.21. The minimum atomic E-state index is -3.83. The minimum Gasteiger partial charge on any atom is -0.497 e. The lowest BCUT2D eigenvalue weighted by atomic mass is 10.0. The average molecular weight is 383 g/mol. The SMILES string of the molecule is COc1ccc(S(=O)(=O)Nc2ccccc2Cc2ccccc2)c(OC)c1. The normalized spacial score (nSPS) is 11.0. The van der Waals surface area contributed by atoms with Gasteiger partial charge in [-0.15, -0.1) is 0 Å². The van der Waals surface area contributed by atoms with Crippen LogP contribution in [-0.2, 0) is 16.4 Å². The molecule has 3 rings (SSSR count). The molecule has 0 heterocycles. The van der Waals surface area contributed by atoms with Gasteiger partial charge in [0.1, 0.15) is 16.4 Å². The summed E-state index contributed by atoms with van der Waals surface area (Å²) in [6.45, 7) is 0. The summed E-state index contributed by atoms with van der Waals surface area (Å²) in [7, 11) is -0.884. The molecule has 5 nitrogen and oxygen atoms in total. The number of para-hydroxylation sites is 1. The molecule has 0 saturated heterocycles. The number of ether oxygens (including phenoxy) is 2. The molecule has 0 radical (unpaired) electrons. The molecule has 6 heteroatoms. The number of sulfonamides is 1. The van der Waals surface area contributed by atoms with Gasteiger partial charge < -0.3 is 9.47 Å². The summed E-state index contributed by atoms with van der Waals surface area (Å²) in [5, 5.41) is 0. The van der Waals surface area contributed by atoms with Crippen molar-refractivity contribution in [1.29, 1.82) is 0 Å². The topological polar surface area (TPSA) is 64.6 Å². The van der Waals surface area contributed by atoms with Crippen molar-refractivity contribution in [2.75, 3.05) is 18.9 Å². The number of methoxy groups -OCH3 is 2. The zero-order chi connectivity index (χ0) is 19.3. The van der Waals surface area contributed by atoms with Crippen LogP contribution in [0.25, 0.3) is 0 Å². The third-order valence-electron chi connectivity index (χ3n) is 4.16. The second-order valence-electron chi connectivity index (χ2n) is 5.94. The van der Waals surface area contributed by atoms with Gasteiger partial charge in [0.2, 0.25) is 0 Å². The van der Waals surface area contributed by atoms with E-state index in [2.05, 4.69) is 4.72 Å². The van der Waals surface area contributed by atoms with Gasteiger partial charge in [0, 0.05) is 6.07 Å². The third-order valence-corrected chi connectivity index (χ3v) is 5.56. The fraction of sp³-hybridized carbons (Fsp3) is 0.143. The van der Waals surface area contributed by atoms with E-state index in [4.69, 9.17) is 9.47 Å². The Kier molecular flexibility index (Phi) is 5.66. The number of nitrogens with one attached hydrogen (secondary N) is 1. The van der Waals surface area contributed by atoms with Crippen LogP contribution in [0.4, 0.5) is 5.69 Å². The first-order valence-corrected chi connectivity index (χ1v) is 9.88. The van der Waals surface area contributed by atoms with E-state index in [1.54, 1.807) is 24.3 Å². The maximum atomic E-state index is 13.0. The highest BCUT2D eigenvalue weighted by Crippen LogP contribution is 2.30. The lowest BCUT2D eigenvalue weighted by Crippen LogP contribution is -2.15. The molecule has 0 aliphatic heterocycles. The van der Waals surface area contributed by atoms with Gasteiger partial charge in [0.25, 0.3) is 10.0 Å². The third kappa shape index (κ3) is 4.41. The van der Waals surface area contributed by atoms with Crippen LogP contribution in [0.2, 0.25) is 0 Å². The maximum Gasteiger partial charge on any atom is 0.265 e. The van der Waals surface area contributed by atoms with E-state index < -0.39 is 10.0 Å². The lowest BCUT2D eigenvalue weighted by Gasteiger charge is -2.15. The molecule has 0 amide bonds. The van der Waals surface area contributed by atoms with Gasteiger partial charge >= 0.3 is 0 Å². The van der Waals surface area contributed by atoms with Crippen molar-refractivity contribution in [3.8, 4) is 11.5 Å². The Bertz CT molecular complexity index is 1020. The Hall–Kier alpha value is -2.99. The average Bonchev–Trinajstić information content (AvgIpc) is 2.69. The van der Waals surface area contributed by atoms with E-state index in [0.717, 1.165) is 11.1 Å². The molecule has 0 saturated carbocycles. The minimum absolute atomic E-state index is 0.0558. The molecule has 0 unspecified atom stereocenters. The van der Waals surface area contributed by atoms with Crippen LogP contribution < -0.4 is 14.2 Å². The van der Waals surface area contributed by atoms with Crippen molar-refractivity contribution < 1.29 is 17.9 Å². The van der Waals surface area contributed by atoms with Gasteiger partial charge in [-0.25, -0.2) is 8.42 Å². The van der Waals surface area contributed by atoms with Crippen molar-refractivity contribution >= 4 is 15.7 Å². The van der Waals surface area contributed by atoms with E-state index in [9.17, 15) is 8.42 Å². The maximum absolute atomic E-state index is 13.0. The largest absolute Gasteiger partial charge is 0.497 e. The van der Waals surface area contributed by atoms with Gasteiger partial charge in [-0.1, -0.05) is 48.5 Å². The highest BCUT2D eigenvalue weighted by atomic mass is 32.2. The number of hydrogen-bond acceptors (Lipinski definition) is 4. The van der Waals surface area contributed by atoms with Gasteiger partial charge in [0.15, 0.2) is 0 Å². The quantitative estimate of drug-likeness (QED) is 0.667. The zero-order valence-corrected chi connectivity index (χ0v) is 16.0. The lowest BCUT2D eigenvalue weighted by molar-refractivity contribution is 0.386.